The lowest BCUT2D eigenvalue weighted by molar-refractivity contribution is 0.218. The standard InChI is InChI=1S/C12H19NO6P2/c1-4-15-20(14,16-5-2)13-21(17-6-3)18-11-9-7-8-10-12(11)19-21/h7-10H,4-6H2,1-3H3. The van der Waals surface area contributed by atoms with E-state index in [1.54, 1.807) is 45.0 Å². The van der Waals surface area contributed by atoms with Gasteiger partial charge >= 0.3 is 15.5 Å². The minimum Gasteiger partial charge on any atom is -0.406 e. The first kappa shape index (κ1) is 16.5. The van der Waals surface area contributed by atoms with Gasteiger partial charge in [-0.3, -0.25) is 13.6 Å². The third-order valence-electron chi connectivity index (χ3n) is 2.37. The molecule has 1 aliphatic heterocycles. The maximum atomic E-state index is 12.6. The molecule has 118 valence electrons. The van der Waals surface area contributed by atoms with E-state index in [4.69, 9.17) is 22.6 Å². The molecule has 0 atom stereocenters. The number of hydrogen-bond acceptors (Lipinski definition) is 6. The van der Waals surface area contributed by atoms with Crippen molar-refractivity contribution in [2.75, 3.05) is 19.8 Å². The maximum absolute atomic E-state index is 12.6. The Kier molecular flexibility index (Phi) is 5.47. The van der Waals surface area contributed by atoms with Crippen LogP contribution in [-0.4, -0.2) is 19.8 Å². The molecule has 1 aliphatic rings. The van der Waals surface area contributed by atoms with Crippen molar-refractivity contribution >= 4 is 15.5 Å². The lowest BCUT2D eigenvalue weighted by Gasteiger charge is -2.19. The summed E-state index contributed by atoms with van der Waals surface area (Å²) in [7, 11) is -6.89. The minimum absolute atomic E-state index is 0.194. The van der Waals surface area contributed by atoms with Gasteiger partial charge in [0.25, 0.3) is 0 Å². The zero-order valence-corrected chi connectivity index (χ0v) is 14.0. The summed E-state index contributed by atoms with van der Waals surface area (Å²) in [6.45, 7) is 5.87. The van der Waals surface area contributed by atoms with Gasteiger partial charge in [-0.25, -0.2) is 4.57 Å². The van der Waals surface area contributed by atoms with Crippen LogP contribution in [-0.2, 0) is 18.1 Å². The molecule has 0 aliphatic carbocycles. The molecule has 0 unspecified atom stereocenters. The number of benzene rings is 1. The summed E-state index contributed by atoms with van der Waals surface area (Å²) in [5.41, 5.74) is 0. The molecule has 9 heteroatoms. The average molecular weight is 335 g/mol. The summed E-state index contributed by atoms with van der Waals surface area (Å²) in [6.07, 6.45) is 0. The smallest absolute Gasteiger partial charge is 0.406 e. The maximum Gasteiger partial charge on any atom is 0.476 e. The molecule has 0 bridgehead atoms. The molecular formula is C12H19NO6P2. The predicted octanol–water partition coefficient (Wildman–Crippen LogP) is 4.62. The lowest BCUT2D eigenvalue weighted by Crippen LogP contribution is -2.01. The molecule has 0 fully saturated rings. The van der Waals surface area contributed by atoms with Crippen LogP contribution < -0.4 is 9.05 Å². The highest BCUT2D eigenvalue weighted by atomic mass is 31.2. The number of fused-ring (bicyclic) bond motifs is 1. The van der Waals surface area contributed by atoms with Crippen LogP contribution >= 0.6 is 15.5 Å². The first-order chi connectivity index (χ1) is 10.1. The van der Waals surface area contributed by atoms with Crippen LogP contribution in [0.5, 0.6) is 11.5 Å². The van der Waals surface area contributed by atoms with Gasteiger partial charge in [-0.2, -0.15) is 0 Å². The van der Waals surface area contributed by atoms with Crippen molar-refractivity contribution in [2.45, 2.75) is 20.8 Å². The molecule has 0 aromatic heterocycles. The second kappa shape index (κ2) is 6.95. The first-order valence-electron chi connectivity index (χ1n) is 6.72. The summed E-state index contributed by atoms with van der Waals surface area (Å²) >= 11 is 0. The van der Waals surface area contributed by atoms with E-state index in [0.29, 0.717) is 18.1 Å². The SMILES string of the molecule is CCOP(=O)(N=P1(OCC)Oc2ccccc2O1)OCC. The molecule has 0 amide bonds. The van der Waals surface area contributed by atoms with Gasteiger partial charge in [-0.15, -0.1) is 0 Å². The van der Waals surface area contributed by atoms with E-state index in [0.717, 1.165) is 0 Å². The van der Waals surface area contributed by atoms with Gasteiger partial charge < -0.3 is 9.05 Å². The van der Waals surface area contributed by atoms with Crippen molar-refractivity contribution in [3.8, 4) is 11.5 Å². The molecule has 2 rings (SSSR count). The van der Waals surface area contributed by atoms with E-state index in [1.807, 2.05) is 0 Å². The minimum atomic E-state index is -3.69. The molecule has 0 radical (unpaired) electrons. The zero-order chi connectivity index (χ0) is 15.3. The molecule has 1 aromatic carbocycles. The van der Waals surface area contributed by atoms with E-state index < -0.39 is 15.5 Å². The van der Waals surface area contributed by atoms with Crippen LogP contribution in [0.4, 0.5) is 0 Å². The van der Waals surface area contributed by atoms with Gasteiger partial charge in [0.1, 0.15) is 0 Å². The highest BCUT2D eigenvalue weighted by Crippen LogP contribution is 2.68. The topological polar surface area (TPSA) is 75.6 Å². The lowest BCUT2D eigenvalue weighted by atomic mass is 10.3. The fourth-order valence-corrected chi connectivity index (χ4v) is 5.68. The van der Waals surface area contributed by atoms with Crippen LogP contribution in [0.15, 0.2) is 28.8 Å². The summed E-state index contributed by atoms with van der Waals surface area (Å²) in [5.74, 6) is 1.00. The van der Waals surface area contributed by atoms with E-state index >= 15 is 0 Å². The summed E-state index contributed by atoms with van der Waals surface area (Å²) in [5, 5.41) is 0. The Morgan fingerprint density at radius 3 is 2.00 bits per heavy atom. The van der Waals surface area contributed by atoms with Gasteiger partial charge in [-0.1, -0.05) is 16.6 Å². The van der Waals surface area contributed by atoms with E-state index in [-0.39, 0.29) is 13.2 Å². The van der Waals surface area contributed by atoms with Crippen molar-refractivity contribution in [1.29, 1.82) is 0 Å². The molecule has 0 saturated carbocycles. The Labute approximate surface area is 124 Å². The van der Waals surface area contributed by atoms with Crippen molar-refractivity contribution in [3.63, 3.8) is 0 Å². The number of rotatable bonds is 7. The van der Waals surface area contributed by atoms with Gasteiger partial charge in [0.2, 0.25) is 0 Å². The number of hydrogen-bond donors (Lipinski definition) is 0. The Bertz CT molecular complexity index is 552. The van der Waals surface area contributed by atoms with E-state index in [2.05, 4.69) is 4.52 Å². The fraction of sp³-hybridized carbons (Fsp3) is 0.500. The van der Waals surface area contributed by atoms with Crippen LogP contribution in [0.1, 0.15) is 20.8 Å². The molecule has 7 nitrogen and oxygen atoms in total. The van der Waals surface area contributed by atoms with Crippen LogP contribution in [0, 0.1) is 0 Å². The molecule has 21 heavy (non-hydrogen) atoms. The summed E-state index contributed by atoms with van der Waals surface area (Å²) < 4.78 is 43.9. The Balaban J connectivity index is 2.40. The normalized spacial score (nSPS) is 16.0. The van der Waals surface area contributed by atoms with Crippen LogP contribution in [0.3, 0.4) is 0 Å². The second-order valence-corrected chi connectivity index (χ2v) is 7.64. The van der Waals surface area contributed by atoms with Crippen molar-refractivity contribution in [3.05, 3.63) is 24.3 Å². The van der Waals surface area contributed by atoms with Crippen LogP contribution in [0.25, 0.3) is 0 Å². The Morgan fingerprint density at radius 2 is 1.57 bits per heavy atom. The Hall–Kier alpha value is -0.840. The summed E-state index contributed by atoms with van der Waals surface area (Å²) in [6, 6.07) is 7.08. The number of nitrogens with zero attached hydrogens (tertiary/aromatic N) is 1. The third kappa shape index (κ3) is 3.87. The predicted molar refractivity (Wildman–Crippen MR) is 79.5 cm³/mol. The van der Waals surface area contributed by atoms with Crippen molar-refractivity contribution in [2.24, 2.45) is 4.52 Å². The monoisotopic (exact) mass is 335 g/mol. The first-order valence-corrected chi connectivity index (χ1v) is 9.71. The quantitative estimate of drug-likeness (QED) is 0.677. The van der Waals surface area contributed by atoms with Crippen molar-refractivity contribution < 1.29 is 27.2 Å². The summed E-state index contributed by atoms with van der Waals surface area (Å²) in [4.78, 5) is 0. The largest absolute Gasteiger partial charge is 0.476 e. The molecule has 1 heterocycles. The molecule has 0 spiro atoms. The number of para-hydroxylation sites is 2. The zero-order valence-electron chi connectivity index (χ0n) is 12.2. The molecular weight excluding hydrogens is 316 g/mol. The third-order valence-corrected chi connectivity index (χ3v) is 6.73. The molecule has 0 N–H and O–H groups in total. The average Bonchev–Trinajstić information content (AvgIpc) is 2.76. The van der Waals surface area contributed by atoms with Crippen LogP contribution in [0.2, 0.25) is 0 Å². The van der Waals surface area contributed by atoms with Gasteiger partial charge in [-0.05, 0) is 32.9 Å². The van der Waals surface area contributed by atoms with E-state index in [1.165, 1.54) is 0 Å². The molecule has 0 saturated heterocycles. The van der Waals surface area contributed by atoms with Crippen molar-refractivity contribution in [1.82, 2.24) is 0 Å². The second-order valence-electron chi connectivity index (χ2n) is 3.91. The van der Waals surface area contributed by atoms with Gasteiger partial charge in [0.05, 0.1) is 19.8 Å². The fourth-order valence-electron chi connectivity index (χ4n) is 1.70. The highest BCUT2D eigenvalue weighted by Gasteiger charge is 2.41. The Morgan fingerprint density at radius 1 is 1.05 bits per heavy atom. The van der Waals surface area contributed by atoms with Gasteiger partial charge in [0.15, 0.2) is 11.5 Å². The molecule has 1 aromatic rings. The highest BCUT2D eigenvalue weighted by molar-refractivity contribution is 7.64. The van der Waals surface area contributed by atoms with Gasteiger partial charge in [0, 0.05) is 0 Å². The van der Waals surface area contributed by atoms with E-state index in [9.17, 15) is 4.57 Å².